The van der Waals surface area contributed by atoms with Gasteiger partial charge >= 0.3 is 7.82 Å². The fraction of sp³-hybridized carbons (Fsp3) is 0.417. The van der Waals surface area contributed by atoms with Crippen molar-refractivity contribution < 1.29 is 37.1 Å². The van der Waals surface area contributed by atoms with Gasteiger partial charge in [0.25, 0.3) is 0 Å². The molecule has 2 N–H and O–H groups in total. The molecule has 1 unspecified atom stereocenters. The van der Waals surface area contributed by atoms with E-state index in [-0.39, 0.29) is 17.6 Å². The lowest BCUT2D eigenvalue weighted by Gasteiger charge is -2.27. The molecule has 4 rings (SSSR count). The van der Waals surface area contributed by atoms with Crippen LogP contribution in [0.2, 0.25) is 0 Å². The number of imidazole rings is 1. The van der Waals surface area contributed by atoms with E-state index in [0.717, 1.165) is 12.1 Å². The highest BCUT2D eigenvalue weighted by molar-refractivity contribution is 7.47. The van der Waals surface area contributed by atoms with Crippen LogP contribution in [0.25, 0.3) is 11.0 Å². The predicted molar refractivity (Wildman–Crippen MR) is 70.2 cm³/mol. The molecular formula is C12H11F2N2O6P. The summed E-state index contributed by atoms with van der Waals surface area (Å²) < 4.78 is 54.5. The number of hydrogen-bond acceptors (Lipinski definition) is 6. The number of phosphoric ester groups is 1. The zero-order chi connectivity index (χ0) is 16.4. The molecule has 2 aromatic rings. The van der Waals surface area contributed by atoms with Crippen LogP contribution in [0, 0.1) is 11.6 Å². The fourth-order valence-corrected chi connectivity index (χ4v) is 3.76. The zero-order valence-corrected chi connectivity index (χ0v) is 12.3. The van der Waals surface area contributed by atoms with Gasteiger partial charge in [0.1, 0.15) is 18.3 Å². The van der Waals surface area contributed by atoms with Crippen molar-refractivity contribution >= 4 is 18.9 Å². The molecule has 0 saturated carbocycles. The lowest BCUT2D eigenvalue weighted by Crippen LogP contribution is -2.39. The second-order valence-electron chi connectivity index (χ2n) is 5.30. The third-order valence-corrected chi connectivity index (χ3v) is 4.84. The number of nitrogens with zero attached hydrogens (tertiary/aromatic N) is 2. The van der Waals surface area contributed by atoms with Crippen molar-refractivity contribution in [3.63, 3.8) is 0 Å². The molecule has 23 heavy (non-hydrogen) atoms. The van der Waals surface area contributed by atoms with Gasteiger partial charge in [-0.15, -0.1) is 0 Å². The summed E-state index contributed by atoms with van der Waals surface area (Å²) in [5.41, 5.74) is 0.388. The second-order valence-corrected chi connectivity index (χ2v) is 6.70. The summed E-state index contributed by atoms with van der Waals surface area (Å²) in [6, 6.07) is 1.86. The molecule has 2 fully saturated rings. The van der Waals surface area contributed by atoms with Gasteiger partial charge in [-0.3, -0.25) is 9.05 Å². The van der Waals surface area contributed by atoms with E-state index in [4.69, 9.17) is 9.26 Å². The van der Waals surface area contributed by atoms with Crippen molar-refractivity contribution in [2.24, 2.45) is 0 Å². The molecule has 8 nitrogen and oxygen atoms in total. The van der Waals surface area contributed by atoms with Gasteiger partial charge in [-0.1, -0.05) is 0 Å². The summed E-state index contributed by atoms with van der Waals surface area (Å²) in [5, 5.41) is 10.3. The average Bonchev–Trinajstić information content (AvgIpc) is 3.01. The van der Waals surface area contributed by atoms with Gasteiger partial charge in [-0.25, -0.2) is 18.3 Å². The van der Waals surface area contributed by atoms with Gasteiger partial charge in [0.2, 0.25) is 0 Å². The molecular weight excluding hydrogens is 337 g/mol. The van der Waals surface area contributed by atoms with E-state index >= 15 is 0 Å². The molecule has 124 valence electrons. The quantitative estimate of drug-likeness (QED) is 0.744. The van der Waals surface area contributed by atoms with Crippen molar-refractivity contribution in [1.82, 2.24) is 9.55 Å². The van der Waals surface area contributed by atoms with E-state index < -0.39 is 44.0 Å². The van der Waals surface area contributed by atoms with E-state index in [9.17, 15) is 23.3 Å². The molecule has 0 amide bonds. The van der Waals surface area contributed by atoms with E-state index in [2.05, 4.69) is 9.51 Å². The van der Waals surface area contributed by atoms with E-state index in [1.54, 1.807) is 0 Å². The van der Waals surface area contributed by atoms with Gasteiger partial charge in [-0.2, -0.15) is 0 Å². The molecule has 11 heteroatoms. The van der Waals surface area contributed by atoms with Crippen LogP contribution < -0.4 is 0 Å². The van der Waals surface area contributed by atoms with Gasteiger partial charge in [0.05, 0.1) is 24.0 Å². The van der Waals surface area contributed by atoms with E-state index in [1.807, 2.05) is 0 Å². The van der Waals surface area contributed by atoms with Crippen molar-refractivity contribution in [1.29, 1.82) is 0 Å². The Morgan fingerprint density at radius 1 is 1.35 bits per heavy atom. The van der Waals surface area contributed by atoms with Gasteiger partial charge in [0.15, 0.2) is 17.9 Å². The van der Waals surface area contributed by atoms with Crippen LogP contribution in [-0.2, 0) is 18.3 Å². The number of hydrogen-bond donors (Lipinski definition) is 2. The number of ether oxygens (including phenoxy) is 1. The number of phosphoric acid groups is 1. The molecule has 2 aliphatic rings. The largest absolute Gasteiger partial charge is 0.472 e. The first-order valence-electron chi connectivity index (χ1n) is 6.66. The van der Waals surface area contributed by atoms with Crippen LogP contribution in [0.1, 0.15) is 6.23 Å². The molecule has 3 heterocycles. The first-order valence-corrected chi connectivity index (χ1v) is 8.16. The van der Waals surface area contributed by atoms with Gasteiger partial charge in [0, 0.05) is 12.1 Å². The van der Waals surface area contributed by atoms with Crippen molar-refractivity contribution in [2.45, 2.75) is 24.5 Å². The minimum absolute atomic E-state index is 0.180. The number of fused-ring (bicyclic) bond motifs is 2. The maximum Gasteiger partial charge on any atom is 0.472 e. The second kappa shape index (κ2) is 5.04. The van der Waals surface area contributed by atoms with Crippen LogP contribution in [0.5, 0.6) is 0 Å². The molecule has 0 radical (unpaired) electrons. The Kier molecular flexibility index (Phi) is 3.31. The summed E-state index contributed by atoms with van der Waals surface area (Å²) in [7, 11) is -4.23. The summed E-state index contributed by atoms with van der Waals surface area (Å²) in [5.74, 6) is -2.11. The SMILES string of the molecule is O=P1(O)OC[C@H]2O[C@@H](n3cnc4cc(F)c(F)cc43)[C@H](O)[C@@H]2O1. The fourth-order valence-electron chi connectivity index (χ4n) is 2.79. The van der Waals surface area contributed by atoms with Gasteiger partial charge < -0.3 is 19.3 Å². The van der Waals surface area contributed by atoms with Crippen molar-refractivity contribution in [3.05, 3.63) is 30.1 Å². The Morgan fingerprint density at radius 2 is 2.09 bits per heavy atom. The first kappa shape index (κ1) is 15.1. The molecule has 0 spiro atoms. The van der Waals surface area contributed by atoms with E-state index in [1.165, 1.54) is 10.9 Å². The number of rotatable bonds is 1. The molecule has 0 aliphatic carbocycles. The van der Waals surface area contributed by atoms with Crippen LogP contribution in [0.3, 0.4) is 0 Å². The molecule has 0 bridgehead atoms. The average molecular weight is 348 g/mol. The van der Waals surface area contributed by atoms with Crippen molar-refractivity contribution in [3.8, 4) is 0 Å². The van der Waals surface area contributed by atoms with E-state index in [0.29, 0.717) is 0 Å². The molecule has 5 atom stereocenters. The monoisotopic (exact) mass is 348 g/mol. The van der Waals surface area contributed by atoms with Crippen LogP contribution in [-0.4, -0.2) is 44.5 Å². The number of halogens is 2. The number of benzene rings is 1. The normalized spacial score (nSPS) is 37.2. The molecule has 2 aliphatic heterocycles. The van der Waals surface area contributed by atoms with Crippen molar-refractivity contribution in [2.75, 3.05) is 6.61 Å². The van der Waals surface area contributed by atoms with Crippen LogP contribution in [0.4, 0.5) is 8.78 Å². The Labute approximate surface area is 127 Å². The standard InChI is InChI=1S/C12H11F2N2O6P/c13-5-1-7-8(2-6(5)14)16(4-15-7)12-10(17)11-9(21-12)3-20-23(18,19)22-11/h1-2,4,9-12,17H,3H2,(H,18,19)/t9-,10-,11-,12-/m1/s1. The Balaban J connectivity index is 1.72. The summed E-state index contributed by atoms with van der Waals surface area (Å²) in [6.45, 7) is -0.235. The topological polar surface area (TPSA) is 103 Å². The number of aliphatic hydroxyl groups excluding tert-OH is 1. The number of aliphatic hydroxyl groups is 1. The zero-order valence-electron chi connectivity index (χ0n) is 11.4. The third kappa shape index (κ3) is 2.38. The molecule has 2 saturated heterocycles. The Hall–Kier alpha value is -1.42. The minimum Gasteiger partial charge on any atom is -0.386 e. The third-order valence-electron chi connectivity index (χ3n) is 3.86. The summed E-state index contributed by atoms with van der Waals surface area (Å²) >= 11 is 0. The maximum atomic E-state index is 13.5. The number of aromatic nitrogens is 2. The summed E-state index contributed by atoms with van der Waals surface area (Å²) in [4.78, 5) is 13.3. The van der Waals surface area contributed by atoms with Crippen LogP contribution in [0.15, 0.2) is 18.5 Å². The first-order chi connectivity index (χ1) is 10.9. The maximum absolute atomic E-state index is 13.5. The smallest absolute Gasteiger partial charge is 0.386 e. The Morgan fingerprint density at radius 3 is 2.87 bits per heavy atom. The highest BCUT2D eigenvalue weighted by Gasteiger charge is 2.52. The van der Waals surface area contributed by atoms with Gasteiger partial charge in [-0.05, 0) is 0 Å². The highest BCUT2D eigenvalue weighted by Crippen LogP contribution is 2.52. The summed E-state index contributed by atoms with van der Waals surface area (Å²) in [6.07, 6.45) is -2.94. The minimum atomic E-state index is -4.23. The molecule has 1 aromatic heterocycles. The lowest BCUT2D eigenvalue weighted by atomic mass is 10.1. The van der Waals surface area contributed by atoms with Crippen LogP contribution >= 0.6 is 7.82 Å². The lowest BCUT2D eigenvalue weighted by molar-refractivity contribution is -0.0663. The highest BCUT2D eigenvalue weighted by atomic mass is 31.2. The predicted octanol–water partition coefficient (Wildman–Crippen LogP) is 1.09. The Bertz CT molecular complexity index is 829. The molecule has 1 aromatic carbocycles.